The van der Waals surface area contributed by atoms with Gasteiger partial charge >= 0.3 is 0 Å². The molecule has 0 aromatic rings. The van der Waals surface area contributed by atoms with Crippen molar-refractivity contribution in [3.8, 4) is 0 Å². The fourth-order valence-electron chi connectivity index (χ4n) is 0.478. The van der Waals surface area contributed by atoms with E-state index in [2.05, 4.69) is 38.7 Å². The fourth-order valence-corrected chi connectivity index (χ4v) is 0.478. The van der Waals surface area contributed by atoms with Crippen molar-refractivity contribution >= 4 is 8.80 Å². The van der Waals surface area contributed by atoms with Gasteiger partial charge in [0.1, 0.15) is 0 Å². The van der Waals surface area contributed by atoms with E-state index in [1.807, 2.05) is 52.7 Å². The summed E-state index contributed by atoms with van der Waals surface area (Å²) in [5, 5.41) is 0. The molecule has 0 aliphatic heterocycles. The summed E-state index contributed by atoms with van der Waals surface area (Å²) in [6, 6.07) is 0. The van der Waals surface area contributed by atoms with E-state index < -0.39 is 0 Å². The van der Waals surface area contributed by atoms with Gasteiger partial charge in [-0.25, -0.2) is 0 Å². The molecule has 1 rings (SSSR count). The summed E-state index contributed by atoms with van der Waals surface area (Å²) in [7, 11) is 0.120. The van der Waals surface area contributed by atoms with Crippen molar-refractivity contribution in [3.05, 3.63) is 44.1 Å². The molecule has 0 atom stereocenters. The number of hydrogen-bond acceptors (Lipinski definition) is 0. The van der Waals surface area contributed by atoms with Gasteiger partial charge in [0.25, 0.3) is 0 Å². The maximum absolute atomic E-state index is 3.76. The molecular formula is C15H30PtSi-3. The Bertz CT molecular complexity index is 134. The van der Waals surface area contributed by atoms with Crippen LogP contribution in [-0.4, -0.2) is 8.80 Å². The van der Waals surface area contributed by atoms with Crippen LogP contribution in [0.15, 0.2) is 24.3 Å². The van der Waals surface area contributed by atoms with Crippen LogP contribution in [0.5, 0.6) is 0 Å². The van der Waals surface area contributed by atoms with Gasteiger partial charge in [-0.05, 0) is 0 Å². The van der Waals surface area contributed by atoms with Crippen LogP contribution in [0.1, 0.15) is 27.7 Å². The Labute approximate surface area is 127 Å². The number of allylic oxidation sites excluding steroid dienone is 4. The Kier molecular flexibility index (Phi) is 38.7. The summed E-state index contributed by atoms with van der Waals surface area (Å²) in [6.45, 7) is 18.6. The molecule has 0 nitrogen and oxygen atoms in total. The first-order valence-corrected chi connectivity index (χ1v) is 8.88. The Morgan fingerprint density at radius 3 is 1.12 bits per heavy atom. The zero-order chi connectivity index (χ0) is 13.4. The maximum Gasteiger partial charge on any atom is 0.0379 e. The topological polar surface area (TPSA) is 0 Å². The van der Waals surface area contributed by atoms with E-state index in [9.17, 15) is 0 Å². The van der Waals surface area contributed by atoms with Crippen LogP contribution in [0.4, 0.5) is 0 Å². The van der Waals surface area contributed by atoms with Gasteiger partial charge in [0.15, 0.2) is 0 Å². The summed E-state index contributed by atoms with van der Waals surface area (Å²) < 4.78 is 0. The van der Waals surface area contributed by atoms with Crippen molar-refractivity contribution in [2.24, 2.45) is 5.92 Å². The summed E-state index contributed by atoms with van der Waals surface area (Å²) in [5.41, 5.74) is 0. The standard InChI is InChI=1S/C6H7.C3H9Si.2C3H7.Pt/c1-6-4-2-3-5-6;1-4(2)3;2*1-3-2;/h2-6H,1H2;1-3H3;2*3H,1-2H3;/q-1;;2*-1;. The molecule has 0 unspecified atom stereocenters. The normalized spacial score (nSPS) is 11.4. The molecule has 0 saturated heterocycles. The van der Waals surface area contributed by atoms with Crippen LogP contribution in [0, 0.1) is 25.7 Å². The minimum Gasteiger partial charge on any atom is -0.335 e. The zero-order valence-corrected chi connectivity index (χ0v) is 15.8. The summed E-state index contributed by atoms with van der Waals surface area (Å²) in [6.07, 6.45) is 12.1. The summed E-state index contributed by atoms with van der Waals surface area (Å²) >= 11 is 0. The largest absolute Gasteiger partial charge is 0.335 e. The van der Waals surface area contributed by atoms with Gasteiger partial charge in [0.2, 0.25) is 0 Å². The molecule has 1 radical (unpaired) electrons. The molecular weight excluding hydrogens is 403 g/mol. The van der Waals surface area contributed by atoms with Gasteiger partial charge < -0.3 is 19.8 Å². The first-order valence-electron chi connectivity index (χ1n) is 5.88. The average Bonchev–Trinajstić information content (AvgIpc) is 2.57. The molecule has 0 aromatic heterocycles. The molecule has 0 heterocycles. The van der Waals surface area contributed by atoms with E-state index in [1.54, 1.807) is 0 Å². The SMILES string of the molecule is C[CH-]C.C[CH-]C.C[Si](C)C.[CH2-]C1C=CC=C1.[Pt]. The van der Waals surface area contributed by atoms with Gasteiger partial charge in [-0.3, -0.25) is 0 Å². The van der Waals surface area contributed by atoms with Crippen LogP contribution >= 0.6 is 0 Å². The minimum atomic E-state index is 0. The van der Waals surface area contributed by atoms with Gasteiger partial charge in [0, 0.05) is 29.9 Å². The van der Waals surface area contributed by atoms with Crippen molar-refractivity contribution in [3.63, 3.8) is 0 Å². The van der Waals surface area contributed by atoms with Crippen molar-refractivity contribution < 1.29 is 21.1 Å². The molecule has 0 amide bonds. The number of hydrogen-bond donors (Lipinski definition) is 0. The molecule has 107 valence electrons. The third-order valence-corrected chi connectivity index (χ3v) is 0.828. The van der Waals surface area contributed by atoms with Crippen LogP contribution in [0.25, 0.3) is 0 Å². The third-order valence-electron chi connectivity index (χ3n) is 0.828. The molecule has 0 N–H and O–H groups in total. The predicted molar refractivity (Wildman–Crippen MR) is 81.8 cm³/mol. The molecule has 17 heavy (non-hydrogen) atoms. The summed E-state index contributed by atoms with van der Waals surface area (Å²) in [5.74, 6) is 0.435. The fraction of sp³-hybridized carbons (Fsp3) is 0.533. The first kappa shape index (κ1) is 26.1. The molecule has 1 aliphatic carbocycles. The summed E-state index contributed by atoms with van der Waals surface area (Å²) in [4.78, 5) is 0. The Morgan fingerprint density at radius 1 is 0.882 bits per heavy atom. The first-order chi connectivity index (χ1) is 7.45. The van der Waals surface area contributed by atoms with E-state index >= 15 is 0 Å². The molecule has 1 aliphatic rings. The second-order valence-corrected chi connectivity index (χ2v) is 7.09. The molecule has 0 aromatic carbocycles. The van der Waals surface area contributed by atoms with Gasteiger partial charge in [-0.1, -0.05) is 31.8 Å². The smallest absolute Gasteiger partial charge is 0.0379 e. The van der Waals surface area contributed by atoms with E-state index in [0.29, 0.717) is 5.92 Å². The second-order valence-electron chi connectivity index (χ2n) is 4.09. The van der Waals surface area contributed by atoms with E-state index in [1.165, 1.54) is 0 Å². The molecule has 0 saturated carbocycles. The van der Waals surface area contributed by atoms with Crippen molar-refractivity contribution in [2.75, 3.05) is 0 Å². The molecule has 0 fully saturated rings. The predicted octanol–water partition coefficient (Wildman–Crippen LogP) is 5.39. The van der Waals surface area contributed by atoms with E-state index in [-0.39, 0.29) is 29.9 Å². The molecule has 0 bridgehead atoms. The number of rotatable bonds is 0. The Hall–Kier alpha value is 0.385. The Balaban J connectivity index is -0.0000000690. The zero-order valence-electron chi connectivity index (χ0n) is 12.6. The minimum absolute atomic E-state index is 0. The van der Waals surface area contributed by atoms with Gasteiger partial charge in [-0.2, -0.15) is 27.7 Å². The monoisotopic (exact) mass is 433 g/mol. The van der Waals surface area contributed by atoms with Crippen LogP contribution in [-0.2, 0) is 21.1 Å². The van der Waals surface area contributed by atoms with E-state index in [4.69, 9.17) is 0 Å². The third kappa shape index (κ3) is 62.2. The molecule has 2 heteroatoms. The van der Waals surface area contributed by atoms with Crippen LogP contribution < -0.4 is 0 Å². The molecule has 0 spiro atoms. The van der Waals surface area contributed by atoms with E-state index in [0.717, 1.165) is 0 Å². The average molecular weight is 434 g/mol. The van der Waals surface area contributed by atoms with Gasteiger partial charge in [0.05, 0.1) is 0 Å². The Morgan fingerprint density at radius 2 is 1.06 bits per heavy atom. The quantitative estimate of drug-likeness (QED) is 0.355. The van der Waals surface area contributed by atoms with Crippen molar-refractivity contribution in [1.82, 2.24) is 0 Å². The maximum atomic E-state index is 3.76. The van der Waals surface area contributed by atoms with Crippen molar-refractivity contribution in [2.45, 2.75) is 47.3 Å². The second kappa shape index (κ2) is 25.3. The van der Waals surface area contributed by atoms with Crippen molar-refractivity contribution in [1.29, 1.82) is 0 Å². The van der Waals surface area contributed by atoms with Crippen LogP contribution in [0.3, 0.4) is 0 Å². The van der Waals surface area contributed by atoms with Crippen LogP contribution in [0.2, 0.25) is 19.6 Å². The van der Waals surface area contributed by atoms with Gasteiger partial charge in [-0.15, -0.1) is 18.1 Å².